The van der Waals surface area contributed by atoms with Crippen molar-refractivity contribution >= 4 is 35.4 Å². The number of ether oxygens (including phenoxy) is 14. The highest BCUT2D eigenvalue weighted by Gasteiger charge is 2.26. The van der Waals surface area contributed by atoms with E-state index in [1.165, 1.54) is 12.2 Å². The minimum absolute atomic E-state index is 0.0426. The van der Waals surface area contributed by atoms with Gasteiger partial charge in [0.2, 0.25) is 5.91 Å². The lowest BCUT2D eigenvalue weighted by Crippen LogP contribution is -2.47. The average molecular weight is 1070 g/mol. The third-order valence-electron chi connectivity index (χ3n) is 9.79. The highest BCUT2D eigenvalue weighted by Crippen LogP contribution is 2.13. The smallest absolute Gasteiger partial charge is 0.408 e. The second-order valence-corrected chi connectivity index (χ2v) is 18.5. The van der Waals surface area contributed by atoms with E-state index < -0.39 is 35.2 Å². The number of imide groups is 1. The van der Waals surface area contributed by atoms with E-state index in [2.05, 4.69) is 10.6 Å². The molecule has 0 radical (unpaired) electrons. The van der Waals surface area contributed by atoms with Crippen molar-refractivity contribution in [1.82, 2.24) is 15.5 Å². The van der Waals surface area contributed by atoms with Gasteiger partial charge in [0.05, 0.1) is 171 Å². The number of amides is 4. The van der Waals surface area contributed by atoms with Gasteiger partial charge in [-0.05, 0) is 54.4 Å². The molecule has 2 N–H and O–H groups in total. The number of carbonyl (C=O) groups excluding carboxylic acids is 6. The Hall–Kier alpha value is -3.56. The Bertz CT molecular complexity index is 1490. The Morgan fingerprint density at radius 3 is 1.20 bits per heavy atom. The van der Waals surface area contributed by atoms with Crippen LogP contribution in [0.4, 0.5) is 4.79 Å². The minimum Gasteiger partial charge on any atom is -0.444 e. The number of Topliss-reactive ketones (excluding diaryl/α,β-unsaturated/α-hetero) is 2. The molecule has 1 atom stereocenters. The van der Waals surface area contributed by atoms with Gasteiger partial charge in [0, 0.05) is 50.9 Å². The maximum atomic E-state index is 12.9. The lowest BCUT2D eigenvalue weighted by Gasteiger charge is -2.26. The molecule has 0 bridgehead atoms. The SMILES string of the molecule is CC(C)(C)OC[C@H](NC(=O)OC(C)(C)C)C(=O)CCCCCC(=O)CCOCCOCCOCCOCCOCCOCCOCCOCCOCCOCCOCCOCCNC(=O)CCN1C(=O)C=CC1=O. The van der Waals surface area contributed by atoms with Gasteiger partial charge in [-0.2, -0.15) is 0 Å². The highest BCUT2D eigenvalue weighted by atomic mass is 16.6. The zero-order valence-electron chi connectivity index (χ0n) is 45.4. The van der Waals surface area contributed by atoms with E-state index in [1.807, 2.05) is 20.8 Å². The first-order chi connectivity index (χ1) is 35.6. The lowest BCUT2D eigenvalue weighted by atomic mass is 10.0. The number of carbonyl (C=O) groups is 6. The Balaban J connectivity index is 1.74. The number of hydrogen-bond donors (Lipinski definition) is 2. The molecule has 1 rings (SSSR count). The summed E-state index contributed by atoms with van der Waals surface area (Å²) in [5, 5.41) is 5.32. The van der Waals surface area contributed by atoms with Gasteiger partial charge in [-0.15, -0.1) is 0 Å². The molecule has 430 valence electrons. The summed E-state index contributed by atoms with van der Waals surface area (Å²) in [5.74, 6) is -1.09. The number of nitrogens with one attached hydrogen (secondary N) is 2. The zero-order valence-corrected chi connectivity index (χ0v) is 45.4. The summed E-state index contributed by atoms with van der Waals surface area (Å²) in [4.78, 5) is 73.2. The van der Waals surface area contributed by atoms with Crippen LogP contribution in [0.5, 0.6) is 0 Å². The van der Waals surface area contributed by atoms with Gasteiger partial charge in [0.15, 0.2) is 5.78 Å². The van der Waals surface area contributed by atoms with Crippen LogP contribution in [0, 0.1) is 0 Å². The molecule has 0 aromatic carbocycles. The fourth-order valence-electron chi connectivity index (χ4n) is 6.02. The van der Waals surface area contributed by atoms with Crippen LogP contribution >= 0.6 is 0 Å². The highest BCUT2D eigenvalue weighted by molar-refractivity contribution is 6.13. The van der Waals surface area contributed by atoms with Crippen molar-refractivity contribution in [3.05, 3.63) is 12.2 Å². The lowest BCUT2D eigenvalue weighted by molar-refractivity contribution is -0.137. The third-order valence-corrected chi connectivity index (χ3v) is 9.79. The second kappa shape index (κ2) is 45.6. The molecule has 0 fully saturated rings. The molecule has 1 heterocycles. The Morgan fingerprint density at radius 1 is 0.459 bits per heavy atom. The van der Waals surface area contributed by atoms with Crippen LogP contribution in [-0.4, -0.2) is 236 Å². The normalized spacial score (nSPS) is 13.2. The van der Waals surface area contributed by atoms with Gasteiger partial charge < -0.3 is 76.9 Å². The molecule has 23 heteroatoms. The van der Waals surface area contributed by atoms with Crippen molar-refractivity contribution in [2.24, 2.45) is 0 Å². The van der Waals surface area contributed by atoms with Crippen molar-refractivity contribution in [2.45, 2.75) is 104 Å². The number of alkyl carbamates (subject to hydrolysis) is 1. The van der Waals surface area contributed by atoms with Crippen LogP contribution in [0.15, 0.2) is 12.2 Å². The predicted octanol–water partition coefficient (Wildman–Crippen LogP) is 2.80. The fourth-order valence-corrected chi connectivity index (χ4v) is 6.02. The maximum Gasteiger partial charge on any atom is 0.408 e. The van der Waals surface area contributed by atoms with Crippen LogP contribution < -0.4 is 10.6 Å². The summed E-state index contributed by atoms with van der Waals surface area (Å²) < 4.78 is 76.9. The molecule has 0 aliphatic carbocycles. The van der Waals surface area contributed by atoms with E-state index in [1.54, 1.807) is 20.8 Å². The van der Waals surface area contributed by atoms with E-state index in [4.69, 9.17) is 66.3 Å². The molecule has 0 aromatic heterocycles. The quantitative estimate of drug-likeness (QED) is 0.0656. The summed E-state index contributed by atoms with van der Waals surface area (Å²) in [7, 11) is 0. The second-order valence-electron chi connectivity index (χ2n) is 18.5. The first-order valence-electron chi connectivity index (χ1n) is 26.0. The van der Waals surface area contributed by atoms with Crippen molar-refractivity contribution in [2.75, 3.05) is 178 Å². The van der Waals surface area contributed by atoms with Crippen LogP contribution in [0.3, 0.4) is 0 Å². The van der Waals surface area contributed by atoms with Gasteiger partial charge in [-0.25, -0.2) is 4.79 Å². The molecule has 0 aromatic rings. The molecular formula is C51H91N3O20. The number of nitrogens with zero attached hydrogens (tertiary/aromatic N) is 1. The number of unbranched alkanes of at least 4 members (excludes halogenated alkanes) is 2. The Labute approximate surface area is 439 Å². The van der Waals surface area contributed by atoms with E-state index in [-0.39, 0.29) is 43.5 Å². The Morgan fingerprint density at radius 2 is 0.824 bits per heavy atom. The zero-order chi connectivity index (χ0) is 54.4. The summed E-state index contributed by atoms with van der Waals surface area (Å²) in [6.45, 7) is 21.6. The van der Waals surface area contributed by atoms with Crippen molar-refractivity contribution in [3.63, 3.8) is 0 Å². The molecule has 0 saturated heterocycles. The summed E-state index contributed by atoms with van der Waals surface area (Å²) in [6.07, 6.45) is 4.79. The van der Waals surface area contributed by atoms with Gasteiger partial charge in [-0.1, -0.05) is 6.42 Å². The van der Waals surface area contributed by atoms with Crippen molar-refractivity contribution in [1.29, 1.82) is 0 Å². The largest absolute Gasteiger partial charge is 0.444 e. The van der Waals surface area contributed by atoms with Crippen LogP contribution in [0.1, 0.15) is 86.5 Å². The summed E-state index contributed by atoms with van der Waals surface area (Å²) >= 11 is 0. The summed E-state index contributed by atoms with van der Waals surface area (Å²) in [6, 6.07) is -0.805. The topological polar surface area (TPSA) is 259 Å². The van der Waals surface area contributed by atoms with E-state index >= 15 is 0 Å². The van der Waals surface area contributed by atoms with Gasteiger partial charge in [0.25, 0.3) is 11.8 Å². The number of rotatable bonds is 52. The van der Waals surface area contributed by atoms with E-state index in [0.29, 0.717) is 191 Å². The number of ketones is 2. The van der Waals surface area contributed by atoms with E-state index in [9.17, 15) is 28.8 Å². The molecule has 74 heavy (non-hydrogen) atoms. The average Bonchev–Trinajstić information content (AvgIpc) is 3.66. The van der Waals surface area contributed by atoms with Crippen LogP contribution in [0.25, 0.3) is 0 Å². The molecule has 23 nitrogen and oxygen atoms in total. The first-order valence-corrected chi connectivity index (χ1v) is 26.0. The van der Waals surface area contributed by atoms with Crippen molar-refractivity contribution < 1.29 is 95.1 Å². The predicted molar refractivity (Wildman–Crippen MR) is 270 cm³/mol. The molecule has 0 unspecified atom stereocenters. The summed E-state index contributed by atoms with van der Waals surface area (Å²) in [5.41, 5.74) is -1.15. The molecule has 4 amide bonds. The molecular weight excluding hydrogens is 975 g/mol. The third kappa shape index (κ3) is 44.7. The molecule has 1 aliphatic rings. The van der Waals surface area contributed by atoms with E-state index in [0.717, 1.165) is 11.3 Å². The van der Waals surface area contributed by atoms with Gasteiger partial charge in [0.1, 0.15) is 17.4 Å². The monoisotopic (exact) mass is 1070 g/mol. The molecule has 1 aliphatic heterocycles. The fraction of sp³-hybridized carbons (Fsp3) is 0.843. The number of hydrogen-bond acceptors (Lipinski definition) is 20. The van der Waals surface area contributed by atoms with Crippen LogP contribution in [-0.2, 0) is 90.3 Å². The van der Waals surface area contributed by atoms with Gasteiger partial charge in [-0.3, -0.25) is 28.9 Å². The Kier molecular flexibility index (Phi) is 42.2. The standard InChI is InChI=1S/C51H91N3O20/c1-50(2,3)73-42-44(53-49(60)74-51(4,5)6)45(56)11-9-7-8-10-43(55)15-18-61-20-22-63-24-26-65-28-30-67-32-34-69-36-38-71-40-41-72-39-37-70-35-33-68-31-29-66-27-25-64-23-21-62-19-16-52-46(57)14-17-54-47(58)12-13-48(54)59/h12-13,44H,7-11,14-42H2,1-6H3,(H,52,57)(H,53,60)/t44-/m0/s1. The minimum atomic E-state index is -0.805. The maximum absolute atomic E-state index is 12.9. The van der Waals surface area contributed by atoms with Crippen LogP contribution in [0.2, 0.25) is 0 Å². The molecule has 0 spiro atoms. The molecule has 0 saturated carbocycles. The first kappa shape index (κ1) is 68.5. The van der Waals surface area contributed by atoms with Crippen molar-refractivity contribution in [3.8, 4) is 0 Å². The van der Waals surface area contributed by atoms with Gasteiger partial charge >= 0.3 is 6.09 Å².